The number of ether oxygens (including phenoxy) is 1. The Morgan fingerprint density at radius 3 is 2.90 bits per heavy atom. The van der Waals surface area contributed by atoms with Crippen LogP contribution in [-0.2, 0) is 0 Å². The van der Waals surface area contributed by atoms with Gasteiger partial charge in [0, 0.05) is 24.9 Å². The number of halogens is 1. The zero-order chi connectivity index (χ0) is 14.5. The number of nitrogens with zero attached hydrogens (tertiary/aromatic N) is 2. The normalized spacial score (nSPS) is 10.1. The Hall–Kier alpha value is -2.34. The molecule has 0 radical (unpaired) electrons. The van der Waals surface area contributed by atoms with Crippen molar-refractivity contribution < 1.29 is 9.66 Å². The Morgan fingerprint density at radius 2 is 2.20 bits per heavy atom. The number of hydrogen-bond acceptors (Lipinski definition) is 5. The molecule has 0 saturated carbocycles. The minimum absolute atomic E-state index is 0.0784. The summed E-state index contributed by atoms with van der Waals surface area (Å²) in [6.45, 7) is 2.68. The number of nitro benzene ring substituents is 1. The number of non-ortho nitro benzene ring substituents is 1. The first-order chi connectivity index (χ1) is 9.60. The summed E-state index contributed by atoms with van der Waals surface area (Å²) in [4.78, 5) is 14.3. The van der Waals surface area contributed by atoms with Gasteiger partial charge < -0.3 is 10.1 Å². The van der Waals surface area contributed by atoms with Crippen LogP contribution in [0.25, 0.3) is 0 Å². The summed E-state index contributed by atoms with van der Waals surface area (Å²) in [5.74, 6) is 1.39. The van der Waals surface area contributed by atoms with Crippen molar-refractivity contribution in [1.82, 2.24) is 4.98 Å². The van der Waals surface area contributed by atoms with Gasteiger partial charge in [-0.1, -0.05) is 11.6 Å². The van der Waals surface area contributed by atoms with Gasteiger partial charge in [-0.05, 0) is 19.1 Å². The maximum absolute atomic E-state index is 10.7. The number of rotatable bonds is 5. The quantitative estimate of drug-likeness (QED) is 0.669. The zero-order valence-corrected chi connectivity index (χ0v) is 11.4. The largest absolute Gasteiger partial charge is 0.455 e. The van der Waals surface area contributed by atoms with Gasteiger partial charge in [0.15, 0.2) is 5.75 Å². The van der Waals surface area contributed by atoms with Crippen molar-refractivity contribution in [3.63, 3.8) is 0 Å². The molecular formula is C13H12ClN3O3. The molecule has 0 atom stereocenters. The number of pyridine rings is 1. The van der Waals surface area contributed by atoms with E-state index in [9.17, 15) is 10.1 Å². The minimum atomic E-state index is -0.500. The maximum atomic E-state index is 10.7. The molecule has 1 heterocycles. The first-order valence-electron chi connectivity index (χ1n) is 5.92. The number of nitrogens with one attached hydrogen (secondary N) is 1. The van der Waals surface area contributed by atoms with Crippen LogP contribution in [0.2, 0.25) is 5.02 Å². The molecule has 0 fully saturated rings. The van der Waals surface area contributed by atoms with E-state index in [1.54, 1.807) is 18.3 Å². The number of nitro groups is 1. The van der Waals surface area contributed by atoms with Gasteiger partial charge in [-0.2, -0.15) is 0 Å². The van der Waals surface area contributed by atoms with Crippen LogP contribution in [0.1, 0.15) is 6.92 Å². The SMILES string of the molecule is CCNc1cc(Oc2cc([N+](=O)[O-])ccc2Cl)ccn1. The Bertz CT molecular complexity index is 634. The lowest BCUT2D eigenvalue weighted by molar-refractivity contribution is -0.384. The van der Waals surface area contributed by atoms with Crippen molar-refractivity contribution in [3.05, 3.63) is 51.7 Å². The lowest BCUT2D eigenvalue weighted by Gasteiger charge is -2.09. The van der Waals surface area contributed by atoms with E-state index in [1.165, 1.54) is 18.2 Å². The highest BCUT2D eigenvalue weighted by Crippen LogP contribution is 2.33. The summed E-state index contributed by atoms with van der Waals surface area (Å²) >= 11 is 5.97. The van der Waals surface area contributed by atoms with Crippen molar-refractivity contribution >= 4 is 23.1 Å². The number of benzene rings is 1. The topological polar surface area (TPSA) is 77.3 Å². The lowest BCUT2D eigenvalue weighted by Crippen LogP contribution is -1.99. The first-order valence-corrected chi connectivity index (χ1v) is 6.29. The van der Waals surface area contributed by atoms with Crippen LogP contribution in [0.3, 0.4) is 0 Å². The van der Waals surface area contributed by atoms with Gasteiger partial charge in [-0.15, -0.1) is 0 Å². The number of aromatic nitrogens is 1. The molecule has 104 valence electrons. The average Bonchev–Trinajstić information content (AvgIpc) is 2.42. The van der Waals surface area contributed by atoms with Gasteiger partial charge in [-0.25, -0.2) is 4.98 Å². The molecule has 1 N–H and O–H groups in total. The van der Waals surface area contributed by atoms with Gasteiger partial charge in [0.1, 0.15) is 11.6 Å². The monoisotopic (exact) mass is 293 g/mol. The van der Waals surface area contributed by atoms with Crippen LogP contribution < -0.4 is 10.1 Å². The molecule has 0 spiro atoms. The standard InChI is InChI=1S/C13H12ClN3O3/c1-2-15-13-8-10(5-6-16-13)20-12-7-9(17(18)19)3-4-11(12)14/h3-8H,2H2,1H3,(H,15,16). The van der Waals surface area contributed by atoms with E-state index >= 15 is 0 Å². The van der Waals surface area contributed by atoms with E-state index in [1.807, 2.05) is 6.92 Å². The van der Waals surface area contributed by atoms with Crippen molar-refractivity contribution in [1.29, 1.82) is 0 Å². The smallest absolute Gasteiger partial charge is 0.273 e. The second kappa shape index (κ2) is 6.21. The summed E-state index contributed by atoms with van der Waals surface area (Å²) in [6.07, 6.45) is 1.58. The van der Waals surface area contributed by atoms with Crippen LogP contribution in [-0.4, -0.2) is 16.5 Å². The molecule has 0 aliphatic carbocycles. The molecule has 0 aliphatic heterocycles. The van der Waals surface area contributed by atoms with E-state index in [0.29, 0.717) is 16.6 Å². The molecule has 0 unspecified atom stereocenters. The van der Waals surface area contributed by atoms with Crippen molar-refractivity contribution in [2.24, 2.45) is 0 Å². The Labute approximate surface area is 120 Å². The molecule has 0 bridgehead atoms. The highest BCUT2D eigenvalue weighted by molar-refractivity contribution is 6.32. The Balaban J connectivity index is 2.27. The van der Waals surface area contributed by atoms with Crippen molar-refractivity contribution in [3.8, 4) is 11.5 Å². The molecule has 2 rings (SSSR count). The fraction of sp³-hybridized carbons (Fsp3) is 0.154. The van der Waals surface area contributed by atoms with Gasteiger partial charge in [-0.3, -0.25) is 10.1 Å². The van der Waals surface area contributed by atoms with E-state index in [2.05, 4.69) is 10.3 Å². The molecule has 1 aromatic heterocycles. The molecule has 0 saturated heterocycles. The summed E-state index contributed by atoms with van der Waals surface area (Å²) in [6, 6.07) is 7.39. The van der Waals surface area contributed by atoms with Crippen molar-refractivity contribution in [2.75, 3.05) is 11.9 Å². The molecule has 6 nitrogen and oxygen atoms in total. The molecule has 2 aromatic rings. The summed E-state index contributed by atoms with van der Waals surface area (Å²) < 4.78 is 5.57. The zero-order valence-electron chi connectivity index (χ0n) is 10.7. The fourth-order valence-corrected chi connectivity index (χ4v) is 1.72. The van der Waals surface area contributed by atoms with Crippen LogP contribution in [0.15, 0.2) is 36.5 Å². The van der Waals surface area contributed by atoms with Crippen LogP contribution >= 0.6 is 11.6 Å². The predicted molar refractivity (Wildman–Crippen MR) is 76.6 cm³/mol. The van der Waals surface area contributed by atoms with E-state index in [0.717, 1.165) is 6.54 Å². The van der Waals surface area contributed by atoms with E-state index in [-0.39, 0.29) is 11.4 Å². The second-order valence-electron chi connectivity index (χ2n) is 3.88. The molecule has 7 heteroatoms. The predicted octanol–water partition coefficient (Wildman–Crippen LogP) is 3.87. The minimum Gasteiger partial charge on any atom is -0.455 e. The molecule has 0 amide bonds. The van der Waals surface area contributed by atoms with Gasteiger partial charge in [0.2, 0.25) is 0 Å². The number of hydrogen-bond donors (Lipinski definition) is 1. The third-order valence-electron chi connectivity index (χ3n) is 2.44. The summed E-state index contributed by atoms with van der Waals surface area (Å²) in [5, 5.41) is 14.1. The van der Waals surface area contributed by atoms with Crippen LogP contribution in [0, 0.1) is 10.1 Å². The maximum Gasteiger partial charge on any atom is 0.273 e. The van der Waals surface area contributed by atoms with Crippen LogP contribution in [0.4, 0.5) is 11.5 Å². The van der Waals surface area contributed by atoms with E-state index in [4.69, 9.17) is 16.3 Å². The second-order valence-corrected chi connectivity index (χ2v) is 4.29. The highest BCUT2D eigenvalue weighted by Gasteiger charge is 2.11. The lowest BCUT2D eigenvalue weighted by atomic mass is 10.3. The Kier molecular flexibility index (Phi) is 4.37. The third kappa shape index (κ3) is 3.36. The van der Waals surface area contributed by atoms with Gasteiger partial charge >= 0.3 is 0 Å². The molecule has 0 aliphatic rings. The third-order valence-corrected chi connectivity index (χ3v) is 2.75. The summed E-state index contributed by atoms with van der Waals surface area (Å²) in [5.41, 5.74) is -0.0784. The number of anilines is 1. The van der Waals surface area contributed by atoms with Gasteiger partial charge in [0.25, 0.3) is 5.69 Å². The van der Waals surface area contributed by atoms with Gasteiger partial charge in [0.05, 0.1) is 16.0 Å². The average molecular weight is 294 g/mol. The molecule has 20 heavy (non-hydrogen) atoms. The van der Waals surface area contributed by atoms with E-state index < -0.39 is 4.92 Å². The fourth-order valence-electron chi connectivity index (χ4n) is 1.56. The first kappa shape index (κ1) is 14.1. The highest BCUT2D eigenvalue weighted by atomic mass is 35.5. The molecule has 1 aromatic carbocycles. The van der Waals surface area contributed by atoms with Crippen LogP contribution in [0.5, 0.6) is 11.5 Å². The molecular weight excluding hydrogens is 282 g/mol. The Morgan fingerprint density at radius 1 is 1.40 bits per heavy atom. The van der Waals surface area contributed by atoms with Crippen molar-refractivity contribution in [2.45, 2.75) is 6.92 Å². The summed E-state index contributed by atoms with van der Waals surface area (Å²) in [7, 11) is 0.